The molecule has 228 valence electrons. The maximum Gasteiger partial charge on any atom is 0.197 e. The summed E-state index contributed by atoms with van der Waals surface area (Å²) in [6, 6.07) is 11.5. The first-order chi connectivity index (χ1) is 21.0. The number of thiazole rings is 1. The van der Waals surface area contributed by atoms with Crippen LogP contribution < -0.4 is 4.74 Å². The summed E-state index contributed by atoms with van der Waals surface area (Å²) in [7, 11) is -2.88. The Bertz CT molecular complexity index is 1980. The molecule has 0 spiro atoms. The number of rotatable bonds is 8. The lowest BCUT2D eigenvalue weighted by Gasteiger charge is -2.26. The molecule has 5 heterocycles. The molecule has 12 heteroatoms. The summed E-state index contributed by atoms with van der Waals surface area (Å²) in [5, 5.41) is 4.05. The van der Waals surface area contributed by atoms with E-state index in [1.807, 2.05) is 67.8 Å². The normalized spacial score (nSPS) is 15.3. The van der Waals surface area contributed by atoms with Gasteiger partial charge in [-0.1, -0.05) is 55.3 Å². The summed E-state index contributed by atoms with van der Waals surface area (Å²) in [4.78, 5) is 24.7. The zero-order valence-corrected chi connectivity index (χ0v) is 26.5. The Kier molecular flexibility index (Phi) is 8.28. The van der Waals surface area contributed by atoms with Crippen LogP contribution in [0.4, 0.5) is 0 Å². The van der Waals surface area contributed by atoms with Crippen molar-refractivity contribution in [2.75, 3.05) is 37.7 Å². The molecular weight excluding hydrogens is 599 g/mol. The van der Waals surface area contributed by atoms with Crippen molar-refractivity contribution in [3.63, 3.8) is 0 Å². The Balaban J connectivity index is 1.03. The molecule has 1 aliphatic rings. The molecule has 1 aliphatic heterocycles. The molecule has 0 aliphatic carbocycles. The summed E-state index contributed by atoms with van der Waals surface area (Å²) in [5.74, 6) is 8.22. The van der Waals surface area contributed by atoms with Crippen molar-refractivity contribution in [2.45, 2.75) is 39.0 Å². The van der Waals surface area contributed by atoms with Gasteiger partial charge in [0.2, 0.25) is 0 Å². The van der Waals surface area contributed by atoms with Gasteiger partial charge in [-0.3, -0.25) is 14.1 Å². The van der Waals surface area contributed by atoms with Gasteiger partial charge in [0.05, 0.1) is 34.5 Å². The van der Waals surface area contributed by atoms with Crippen LogP contribution in [-0.4, -0.2) is 76.4 Å². The zero-order chi connectivity index (χ0) is 30.9. The van der Waals surface area contributed by atoms with Crippen molar-refractivity contribution in [3.8, 4) is 17.6 Å². The van der Waals surface area contributed by atoms with E-state index in [0.717, 1.165) is 32.2 Å². The minimum absolute atomic E-state index is 0.0761. The van der Waals surface area contributed by atoms with E-state index in [1.165, 1.54) is 11.3 Å². The predicted molar refractivity (Wildman–Crippen MR) is 169 cm³/mol. The Morgan fingerprint density at radius 3 is 2.59 bits per heavy atom. The number of carbonyl (C=O) groups is 1. The van der Waals surface area contributed by atoms with Gasteiger partial charge >= 0.3 is 0 Å². The van der Waals surface area contributed by atoms with Crippen molar-refractivity contribution in [1.29, 1.82) is 0 Å². The van der Waals surface area contributed by atoms with Gasteiger partial charge in [-0.25, -0.2) is 18.4 Å². The van der Waals surface area contributed by atoms with Gasteiger partial charge in [0, 0.05) is 55.4 Å². The van der Waals surface area contributed by atoms with E-state index < -0.39 is 9.84 Å². The van der Waals surface area contributed by atoms with Crippen LogP contribution in [0.3, 0.4) is 0 Å². The number of sulfone groups is 1. The summed E-state index contributed by atoms with van der Waals surface area (Å²) in [6.07, 6.45) is 4.13. The summed E-state index contributed by atoms with van der Waals surface area (Å²) >= 11 is 1.51. The first kappa shape index (κ1) is 30.0. The molecule has 6 rings (SSSR count). The van der Waals surface area contributed by atoms with Crippen molar-refractivity contribution >= 4 is 42.3 Å². The maximum atomic E-state index is 12.6. The van der Waals surface area contributed by atoms with E-state index >= 15 is 0 Å². The molecule has 0 amide bonds. The first-order valence-electron chi connectivity index (χ1n) is 14.4. The second-order valence-corrected chi connectivity index (χ2v) is 15.3. The molecular formula is C32H33N5O5S2. The minimum Gasteiger partial charge on any atom is -0.491 e. The molecule has 5 aromatic rings. The predicted octanol–water partition coefficient (Wildman–Crippen LogP) is 4.09. The van der Waals surface area contributed by atoms with Crippen molar-refractivity contribution in [1.82, 2.24) is 24.4 Å². The Morgan fingerprint density at radius 1 is 1.09 bits per heavy atom. The molecule has 0 N–H and O–H groups in total. The number of benzene rings is 1. The Hall–Kier alpha value is -4.05. The highest BCUT2D eigenvalue weighted by molar-refractivity contribution is 7.91. The third kappa shape index (κ3) is 7.18. The second kappa shape index (κ2) is 12.1. The SMILES string of the molecule is CC(C)(C)c1cc(CC(=O)Cc2ccc(C#Cc3cn4c(n3)sc3cc(OCCN5CCS(=O)(=O)CC5)cnc34)cc2)no1. The molecule has 44 heavy (non-hydrogen) atoms. The fourth-order valence-electron chi connectivity index (χ4n) is 4.85. The van der Waals surface area contributed by atoms with Gasteiger partial charge in [-0.05, 0) is 23.6 Å². The van der Waals surface area contributed by atoms with Gasteiger partial charge in [0.15, 0.2) is 20.4 Å². The summed E-state index contributed by atoms with van der Waals surface area (Å²) in [6.45, 7) is 8.37. The van der Waals surface area contributed by atoms with Gasteiger partial charge < -0.3 is 9.26 Å². The van der Waals surface area contributed by atoms with E-state index in [1.54, 1.807) is 6.20 Å². The number of hydrogen-bond acceptors (Lipinski definition) is 10. The number of nitrogens with zero attached hydrogens (tertiary/aromatic N) is 5. The van der Waals surface area contributed by atoms with Crippen molar-refractivity contribution in [2.24, 2.45) is 0 Å². The van der Waals surface area contributed by atoms with Crippen LogP contribution in [0, 0.1) is 11.8 Å². The molecule has 0 bridgehead atoms. The van der Waals surface area contributed by atoms with E-state index in [2.05, 4.69) is 31.9 Å². The lowest BCUT2D eigenvalue weighted by Crippen LogP contribution is -2.42. The topological polar surface area (TPSA) is 120 Å². The molecule has 0 atom stereocenters. The third-order valence-corrected chi connectivity index (χ3v) is 9.99. The lowest BCUT2D eigenvalue weighted by molar-refractivity contribution is -0.117. The van der Waals surface area contributed by atoms with E-state index in [-0.39, 0.29) is 29.1 Å². The Labute approximate surface area is 260 Å². The van der Waals surface area contributed by atoms with Crippen LogP contribution in [0.5, 0.6) is 5.75 Å². The van der Waals surface area contributed by atoms with Crippen LogP contribution in [0.15, 0.2) is 53.3 Å². The van der Waals surface area contributed by atoms with Crippen LogP contribution in [0.1, 0.15) is 49.0 Å². The smallest absolute Gasteiger partial charge is 0.197 e. The highest BCUT2D eigenvalue weighted by Crippen LogP contribution is 2.28. The average molecular weight is 632 g/mol. The van der Waals surface area contributed by atoms with E-state index in [9.17, 15) is 13.2 Å². The largest absolute Gasteiger partial charge is 0.491 e. The quantitative estimate of drug-likeness (QED) is 0.233. The van der Waals surface area contributed by atoms with Crippen LogP contribution in [-0.2, 0) is 32.9 Å². The molecule has 0 saturated carbocycles. The number of ketones is 1. The molecule has 10 nitrogen and oxygen atoms in total. The monoisotopic (exact) mass is 631 g/mol. The fraction of sp³-hybridized carbons (Fsp3) is 0.375. The molecule has 1 fully saturated rings. The average Bonchev–Trinajstić information content (AvgIpc) is 3.68. The number of imidazole rings is 1. The highest BCUT2D eigenvalue weighted by atomic mass is 32.2. The van der Waals surface area contributed by atoms with E-state index in [0.29, 0.717) is 49.8 Å². The van der Waals surface area contributed by atoms with Crippen molar-refractivity contribution < 1.29 is 22.5 Å². The van der Waals surface area contributed by atoms with Crippen LogP contribution >= 0.6 is 11.3 Å². The third-order valence-electron chi connectivity index (χ3n) is 7.39. The van der Waals surface area contributed by atoms with Crippen LogP contribution in [0.25, 0.3) is 15.3 Å². The Morgan fingerprint density at radius 2 is 1.86 bits per heavy atom. The van der Waals surface area contributed by atoms with Gasteiger partial charge in [-0.15, -0.1) is 0 Å². The molecule has 0 radical (unpaired) electrons. The molecule has 0 unspecified atom stereocenters. The second-order valence-electron chi connectivity index (χ2n) is 12.0. The zero-order valence-electron chi connectivity index (χ0n) is 24.9. The maximum absolute atomic E-state index is 12.6. The molecule has 1 saturated heterocycles. The van der Waals surface area contributed by atoms with Gasteiger partial charge in [0.25, 0.3) is 0 Å². The molecule has 1 aromatic carbocycles. The van der Waals surface area contributed by atoms with Gasteiger partial charge in [0.1, 0.15) is 29.6 Å². The number of pyridine rings is 1. The van der Waals surface area contributed by atoms with E-state index in [4.69, 9.17) is 9.26 Å². The number of Topliss-reactive ketones (excluding diaryl/α,β-unsaturated/α-hetero) is 1. The molecule has 4 aromatic heterocycles. The highest BCUT2D eigenvalue weighted by Gasteiger charge is 2.22. The summed E-state index contributed by atoms with van der Waals surface area (Å²) in [5.41, 5.74) is 3.70. The first-order valence-corrected chi connectivity index (χ1v) is 17.1. The van der Waals surface area contributed by atoms with Crippen LogP contribution in [0.2, 0.25) is 0 Å². The number of hydrogen-bond donors (Lipinski definition) is 0. The van der Waals surface area contributed by atoms with Gasteiger partial charge in [-0.2, -0.15) is 0 Å². The minimum atomic E-state index is -2.88. The van der Waals surface area contributed by atoms with Crippen molar-refractivity contribution in [3.05, 3.63) is 77.1 Å². The standard InChI is InChI=1S/C32H33N5O5S2/c1-32(2,3)29-18-25(35-42-29)17-26(38)16-23-6-4-22(5-7-23)8-9-24-21-37-30-28(43-31(37)34-24)19-27(20-33-30)41-13-10-36-11-14-44(39,40)15-12-36/h4-7,18-21H,10-17H2,1-3H3. The number of ether oxygens (including phenoxy) is 1. The fourth-order valence-corrected chi connectivity index (χ4v) is 7.12. The number of aromatic nitrogens is 4. The summed E-state index contributed by atoms with van der Waals surface area (Å²) < 4.78 is 37.4. The number of carbonyl (C=O) groups excluding carboxylic acids is 1. The number of fused-ring (bicyclic) bond motifs is 3. The lowest BCUT2D eigenvalue weighted by atomic mass is 9.93.